The van der Waals surface area contributed by atoms with Gasteiger partial charge in [-0.05, 0) is 69.7 Å². The van der Waals surface area contributed by atoms with Crippen molar-refractivity contribution in [1.29, 1.82) is 0 Å². The highest BCUT2D eigenvalue weighted by molar-refractivity contribution is 5.30. The Hall–Kier alpha value is -1.88. The van der Waals surface area contributed by atoms with E-state index in [0.29, 0.717) is 5.92 Å². The van der Waals surface area contributed by atoms with Crippen LogP contribution in [0.4, 0.5) is 0 Å². The van der Waals surface area contributed by atoms with Crippen LogP contribution in [0.2, 0.25) is 0 Å². The summed E-state index contributed by atoms with van der Waals surface area (Å²) in [5.41, 5.74) is 5.32. The Balaban J connectivity index is 1.27. The number of hydrogen-bond acceptors (Lipinski definition) is 4. The molecule has 134 valence electrons. The van der Waals surface area contributed by atoms with Gasteiger partial charge in [0.05, 0.1) is 18.0 Å². The SMILES string of the molecule is Cc1cc(OCC2CCN(Cc3c4c(nn3C)CCC4)CC2)ccn1. The number of hydrogen-bond donors (Lipinski definition) is 0. The molecule has 0 bridgehead atoms. The monoisotopic (exact) mass is 340 g/mol. The maximum absolute atomic E-state index is 5.97. The Kier molecular flexibility index (Phi) is 4.75. The molecule has 0 saturated carbocycles. The number of rotatable bonds is 5. The zero-order chi connectivity index (χ0) is 17.2. The van der Waals surface area contributed by atoms with Crippen molar-refractivity contribution in [2.45, 2.75) is 45.6 Å². The first-order valence-electron chi connectivity index (χ1n) is 9.50. The second-order valence-electron chi connectivity index (χ2n) is 7.51. The van der Waals surface area contributed by atoms with Gasteiger partial charge in [0.25, 0.3) is 0 Å². The van der Waals surface area contributed by atoms with E-state index in [4.69, 9.17) is 9.84 Å². The summed E-state index contributed by atoms with van der Waals surface area (Å²) in [6.07, 6.45) is 7.90. The van der Waals surface area contributed by atoms with E-state index in [1.54, 1.807) is 0 Å². The number of fused-ring (bicyclic) bond motifs is 1. The second-order valence-corrected chi connectivity index (χ2v) is 7.51. The second kappa shape index (κ2) is 7.16. The average molecular weight is 340 g/mol. The fraction of sp³-hybridized carbons (Fsp3) is 0.600. The van der Waals surface area contributed by atoms with Crippen LogP contribution in [0.25, 0.3) is 0 Å². The molecule has 0 atom stereocenters. The molecule has 1 saturated heterocycles. The van der Waals surface area contributed by atoms with E-state index in [0.717, 1.165) is 44.1 Å². The van der Waals surface area contributed by atoms with E-state index in [9.17, 15) is 0 Å². The summed E-state index contributed by atoms with van der Waals surface area (Å²) in [5.74, 6) is 1.60. The van der Waals surface area contributed by atoms with Crippen molar-refractivity contribution in [1.82, 2.24) is 19.7 Å². The molecule has 25 heavy (non-hydrogen) atoms. The van der Waals surface area contributed by atoms with Crippen molar-refractivity contribution in [2.75, 3.05) is 19.7 Å². The summed E-state index contributed by atoms with van der Waals surface area (Å²) < 4.78 is 8.09. The van der Waals surface area contributed by atoms with Crippen molar-refractivity contribution >= 4 is 0 Å². The molecule has 2 aliphatic rings. The molecule has 0 aromatic carbocycles. The van der Waals surface area contributed by atoms with Crippen LogP contribution in [0.3, 0.4) is 0 Å². The molecule has 1 aliphatic carbocycles. The van der Waals surface area contributed by atoms with Crippen LogP contribution in [0, 0.1) is 12.8 Å². The molecule has 0 radical (unpaired) electrons. The van der Waals surface area contributed by atoms with Crippen LogP contribution < -0.4 is 4.74 Å². The van der Waals surface area contributed by atoms with Gasteiger partial charge < -0.3 is 4.74 Å². The van der Waals surface area contributed by atoms with E-state index in [2.05, 4.69) is 21.6 Å². The molecule has 5 heteroatoms. The number of ether oxygens (including phenoxy) is 1. The van der Waals surface area contributed by atoms with Crippen molar-refractivity contribution < 1.29 is 4.74 Å². The first-order valence-corrected chi connectivity index (χ1v) is 9.50. The van der Waals surface area contributed by atoms with E-state index in [1.165, 1.54) is 42.6 Å². The van der Waals surface area contributed by atoms with Gasteiger partial charge in [0.2, 0.25) is 0 Å². The minimum absolute atomic E-state index is 0.655. The van der Waals surface area contributed by atoms with Gasteiger partial charge >= 0.3 is 0 Å². The molecule has 0 spiro atoms. The van der Waals surface area contributed by atoms with Gasteiger partial charge in [-0.3, -0.25) is 14.6 Å². The van der Waals surface area contributed by atoms with Gasteiger partial charge in [0.1, 0.15) is 5.75 Å². The fourth-order valence-corrected chi connectivity index (χ4v) is 4.13. The molecule has 3 heterocycles. The number of aryl methyl sites for hydroxylation is 3. The Morgan fingerprint density at radius 2 is 2.08 bits per heavy atom. The molecule has 0 N–H and O–H groups in total. The van der Waals surface area contributed by atoms with E-state index >= 15 is 0 Å². The fourth-order valence-electron chi connectivity index (χ4n) is 4.13. The lowest BCUT2D eigenvalue weighted by Crippen LogP contribution is -2.35. The van der Waals surface area contributed by atoms with Gasteiger partial charge in [-0.1, -0.05) is 0 Å². The number of pyridine rings is 1. The lowest BCUT2D eigenvalue weighted by molar-refractivity contribution is 0.134. The molecule has 5 nitrogen and oxygen atoms in total. The van der Waals surface area contributed by atoms with Crippen LogP contribution in [-0.4, -0.2) is 39.4 Å². The van der Waals surface area contributed by atoms with E-state index in [-0.39, 0.29) is 0 Å². The van der Waals surface area contributed by atoms with Gasteiger partial charge in [0.15, 0.2) is 0 Å². The van der Waals surface area contributed by atoms with E-state index < -0.39 is 0 Å². The third-order valence-corrected chi connectivity index (χ3v) is 5.63. The molecule has 0 amide bonds. The summed E-state index contributed by atoms with van der Waals surface area (Å²) in [4.78, 5) is 6.80. The van der Waals surface area contributed by atoms with Crippen molar-refractivity contribution in [2.24, 2.45) is 13.0 Å². The summed E-state index contributed by atoms with van der Waals surface area (Å²) in [7, 11) is 2.10. The first-order chi connectivity index (χ1) is 12.2. The number of piperidine rings is 1. The first kappa shape index (κ1) is 16.6. The standard InChI is InChI=1S/C20H28N4O/c1-15-12-17(6-9-21-15)25-14-16-7-10-24(11-8-16)13-20-18-4-3-5-19(18)22-23(20)2/h6,9,12,16H,3-5,7-8,10-11,13-14H2,1-2H3. The van der Waals surface area contributed by atoms with Crippen LogP contribution in [0.5, 0.6) is 5.75 Å². The van der Waals surface area contributed by atoms with Gasteiger partial charge in [-0.25, -0.2) is 0 Å². The third kappa shape index (κ3) is 3.71. The Morgan fingerprint density at radius 3 is 2.88 bits per heavy atom. The zero-order valence-electron chi connectivity index (χ0n) is 15.4. The zero-order valence-corrected chi connectivity index (χ0v) is 15.4. The highest BCUT2D eigenvalue weighted by Crippen LogP contribution is 2.27. The van der Waals surface area contributed by atoms with Crippen LogP contribution >= 0.6 is 0 Å². The molecule has 2 aromatic heterocycles. The smallest absolute Gasteiger partial charge is 0.122 e. The Bertz CT molecular complexity index is 731. The summed E-state index contributed by atoms with van der Waals surface area (Å²) in [5, 5.41) is 4.71. The Morgan fingerprint density at radius 1 is 1.24 bits per heavy atom. The van der Waals surface area contributed by atoms with Gasteiger partial charge in [-0.15, -0.1) is 0 Å². The van der Waals surface area contributed by atoms with Gasteiger partial charge in [0, 0.05) is 31.5 Å². The molecule has 1 aliphatic heterocycles. The minimum Gasteiger partial charge on any atom is -0.493 e. The predicted octanol–water partition coefficient (Wildman–Crippen LogP) is 2.90. The molecule has 0 unspecified atom stereocenters. The lowest BCUT2D eigenvalue weighted by Gasteiger charge is -2.32. The topological polar surface area (TPSA) is 43.2 Å². The number of likely N-dealkylation sites (tertiary alicyclic amines) is 1. The van der Waals surface area contributed by atoms with E-state index in [1.807, 2.05) is 25.3 Å². The Labute approximate surface area is 150 Å². The van der Waals surface area contributed by atoms with Crippen molar-refractivity contribution in [3.8, 4) is 5.75 Å². The molecular weight excluding hydrogens is 312 g/mol. The highest BCUT2D eigenvalue weighted by Gasteiger charge is 2.25. The third-order valence-electron chi connectivity index (χ3n) is 5.63. The van der Waals surface area contributed by atoms with Gasteiger partial charge in [-0.2, -0.15) is 5.10 Å². The quantitative estimate of drug-likeness (QED) is 0.839. The largest absolute Gasteiger partial charge is 0.493 e. The lowest BCUT2D eigenvalue weighted by atomic mass is 9.97. The van der Waals surface area contributed by atoms with Crippen LogP contribution in [0.15, 0.2) is 18.3 Å². The van der Waals surface area contributed by atoms with Crippen molar-refractivity contribution in [3.63, 3.8) is 0 Å². The molecule has 4 rings (SSSR count). The maximum atomic E-state index is 5.97. The van der Waals surface area contributed by atoms with Crippen LogP contribution in [-0.2, 0) is 26.4 Å². The summed E-state index contributed by atoms with van der Waals surface area (Å²) in [6.45, 7) is 6.18. The summed E-state index contributed by atoms with van der Waals surface area (Å²) in [6, 6.07) is 3.96. The minimum atomic E-state index is 0.655. The molecular formula is C20H28N4O. The van der Waals surface area contributed by atoms with Crippen LogP contribution in [0.1, 0.15) is 41.9 Å². The number of aromatic nitrogens is 3. The predicted molar refractivity (Wildman–Crippen MR) is 97.7 cm³/mol. The van der Waals surface area contributed by atoms with Crippen molar-refractivity contribution in [3.05, 3.63) is 41.0 Å². The summed E-state index contributed by atoms with van der Waals surface area (Å²) >= 11 is 0. The molecule has 2 aromatic rings. The number of nitrogens with zero attached hydrogens (tertiary/aromatic N) is 4. The maximum Gasteiger partial charge on any atom is 0.122 e. The highest BCUT2D eigenvalue weighted by atomic mass is 16.5. The normalized spacial score (nSPS) is 18.5. The average Bonchev–Trinajstić information content (AvgIpc) is 3.17. The molecule has 1 fully saturated rings.